The number of carbonyl (C=O) groups excluding carboxylic acids is 1. The highest BCUT2D eigenvalue weighted by molar-refractivity contribution is 5.99. The number of hydrazone groups is 1. The predicted molar refractivity (Wildman–Crippen MR) is 124 cm³/mol. The van der Waals surface area contributed by atoms with Crippen LogP contribution in [0.2, 0.25) is 0 Å². The average molecular weight is 492 g/mol. The zero-order valence-electron chi connectivity index (χ0n) is 19.2. The van der Waals surface area contributed by atoms with E-state index in [1.54, 1.807) is 43.5 Å². The van der Waals surface area contributed by atoms with Crippen LogP contribution >= 0.6 is 0 Å². The fraction of sp³-hybridized carbons (Fsp3) is 0.182. The number of rotatable bonds is 8. The first-order valence-corrected chi connectivity index (χ1v) is 10.7. The van der Waals surface area contributed by atoms with Crippen LogP contribution in [0.4, 0.5) is 5.82 Å². The molecule has 3 heterocycles. The van der Waals surface area contributed by atoms with E-state index in [1.165, 1.54) is 10.9 Å². The van der Waals surface area contributed by atoms with Gasteiger partial charge in [-0.2, -0.15) is 9.78 Å². The molecular formula is C22H20N8O6. The van der Waals surface area contributed by atoms with E-state index in [4.69, 9.17) is 24.7 Å². The van der Waals surface area contributed by atoms with Gasteiger partial charge in [0.25, 0.3) is 5.91 Å². The van der Waals surface area contributed by atoms with Gasteiger partial charge >= 0.3 is 0 Å². The molecule has 0 radical (unpaired) electrons. The van der Waals surface area contributed by atoms with Gasteiger partial charge in [0.05, 0.1) is 19.9 Å². The fourth-order valence-corrected chi connectivity index (χ4v) is 3.48. The van der Waals surface area contributed by atoms with Crippen molar-refractivity contribution in [1.82, 2.24) is 30.7 Å². The van der Waals surface area contributed by atoms with Crippen LogP contribution in [0.1, 0.15) is 23.0 Å². The van der Waals surface area contributed by atoms with Crippen molar-refractivity contribution in [2.45, 2.75) is 6.92 Å². The number of ether oxygens (including phenoxy) is 4. The molecule has 1 aliphatic rings. The van der Waals surface area contributed by atoms with Crippen molar-refractivity contribution in [2.24, 2.45) is 5.10 Å². The van der Waals surface area contributed by atoms with E-state index >= 15 is 0 Å². The minimum Gasteiger partial charge on any atom is -0.493 e. The van der Waals surface area contributed by atoms with Crippen molar-refractivity contribution in [3.63, 3.8) is 0 Å². The van der Waals surface area contributed by atoms with Gasteiger partial charge in [0.2, 0.25) is 18.4 Å². The molecule has 2 aromatic heterocycles. The molecule has 1 aliphatic heterocycles. The molecule has 4 aromatic rings. The molecule has 0 saturated carbocycles. The maximum absolute atomic E-state index is 13.1. The zero-order valence-corrected chi connectivity index (χ0v) is 19.2. The SMILES string of the molecule is CCOc1ccc(/C=N/NC(=O)c2nnn(-c3nonc3N)c2-c2ccc3c(c2)OCO3)cc1OC. The minimum atomic E-state index is -0.627. The molecule has 0 aliphatic carbocycles. The van der Waals surface area contributed by atoms with Crippen LogP contribution in [-0.4, -0.2) is 57.9 Å². The monoisotopic (exact) mass is 492 g/mol. The summed E-state index contributed by atoms with van der Waals surface area (Å²) in [7, 11) is 1.54. The average Bonchev–Trinajstić information content (AvgIpc) is 3.63. The number of anilines is 1. The molecule has 184 valence electrons. The summed E-state index contributed by atoms with van der Waals surface area (Å²) in [4.78, 5) is 13.1. The van der Waals surface area contributed by atoms with Crippen molar-refractivity contribution in [3.8, 4) is 40.1 Å². The van der Waals surface area contributed by atoms with Gasteiger partial charge in [-0.15, -0.1) is 5.10 Å². The van der Waals surface area contributed by atoms with Crippen LogP contribution in [0, 0.1) is 0 Å². The van der Waals surface area contributed by atoms with Gasteiger partial charge in [0.1, 0.15) is 5.69 Å². The highest BCUT2D eigenvalue weighted by Gasteiger charge is 2.26. The van der Waals surface area contributed by atoms with Gasteiger partial charge < -0.3 is 24.7 Å². The van der Waals surface area contributed by atoms with Gasteiger partial charge in [0.15, 0.2) is 28.7 Å². The number of nitrogens with one attached hydrogen (secondary N) is 1. The van der Waals surface area contributed by atoms with Crippen molar-refractivity contribution >= 4 is 17.9 Å². The Labute approximate surface area is 203 Å². The summed E-state index contributed by atoms with van der Waals surface area (Å²) in [5, 5.41) is 19.4. The lowest BCUT2D eigenvalue weighted by Crippen LogP contribution is -2.19. The molecule has 36 heavy (non-hydrogen) atoms. The van der Waals surface area contributed by atoms with Crippen LogP contribution in [0.5, 0.6) is 23.0 Å². The standard InChI is InChI=1S/C22H20N8O6/c1-3-33-14-6-4-12(8-16(14)32-2)10-24-26-22(31)18-19(13-5-7-15-17(9-13)35-11-34-15)30(29-25-18)21-20(23)27-36-28-21/h4-10H,3,11H2,1-2H3,(H2,23,27)(H,26,31)/b24-10+. The number of aromatic nitrogens is 5. The largest absolute Gasteiger partial charge is 0.493 e. The van der Waals surface area contributed by atoms with Gasteiger partial charge in [-0.3, -0.25) is 4.79 Å². The van der Waals surface area contributed by atoms with E-state index in [2.05, 4.69) is 35.8 Å². The van der Waals surface area contributed by atoms with Crippen molar-refractivity contribution < 1.29 is 28.4 Å². The highest BCUT2D eigenvalue weighted by atomic mass is 16.7. The molecule has 0 unspecified atom stereocenters. The van der Waals surface area contributed by atoms with Gasteiger partial charge in [-0.25, -0.2) is 10.1 Å². The highest BCUT2D eigenvalue weighted by Crippen LogP contribution is 2.37. The van der Waals surface area contributed by atoms with Crippen molar-refractivity contribution in [1.29, 1.82) is 0 Å². The summed E-state index contributed by atoms with van der Waals surface area (Å²) in [6.45, 7) is 2.48. The lowest BCUT2D eigenvalue weighted by atomic mass is 10.1. The molecule has 0 spiro atoms. The molecule has 0 atom stereocenters. The number of nitrogen functional groups attached to an aromatic ring is 1. The maximum atomic E-state index is 13.1. The minimum absolute atomic E-state index is 0.0312. The Kier molecular flexibility index (Phi) is 6.05. The molecule has 0 saturated heterocycles. The topological polar surface area (TPSA) is 174 Å². The molecule has 0 fully saturated rings. The lowest BCUT2D eigenvalue weighted by molar-refractivity contribution is 0.0950. The fourth-order valence-electron chi connectivity index (χ4n) is 3.48. The predicted octanol–water partition coefficient (Wildman–Crippen LogP) is 1.80. The van der Waals surface area contributed by atoms with E-state index in [0.29, 0.717) is 40.7 Å². The second-order valence-corrected chi connectivity index (χ2v) is 7.28. The van der Waals surface area contributed by atoms with Crippen molar-refractivity contribution in [3.05, 3.63) is 47.7 Å². The third-order valence-electron chi connectivity index (χ3n) is 5.09. The summed E-state index contributed by atoms with van der Waals surface area (Å²) in [5.74, 6) is 1.63. The number of benzene rings is 2. The second kappa shape index (κ2) is 9.61. The van der Waals surface area contributed by atoms with E-state index in [1.807, 2.05) is 6.92 Å². The third-order valence-corrected chi connectivity index (χ3v) is 5.09. The Hall–Kier alpha value is -5.14. The summed E-state index contributed by atoms with van der Waals surface area (Å²) in [6.07, 6.45) is 1.46. The first kappa shape index (κ1) is 22.6. The molecular weight excluding hydrogens is 472 g/mol. The van der Waals surface area contributed by atoms with Crippen LogP contribution in [0.3, 0.4) is 0 Å². The van der Waals surface area contributed by atoms with Gasteiger partial charge in [0, 0.05) is 5.56 Å². The van der Waals surface area contributed by atoms with Crippen LogP contribution in [0.25, 0.3) is 17.1 Å². The van der Waals surface area contributed by atoms with Crippen LogP contribution in [0.15, 0.2) is 46.1 Å². The summed E-state index contributed by atoms with van der Waals surface area (Å²) >= 11 is 0. The number of hydrogen-bond donors (Lipinski definition) is 2. The molecule has 14 nitrogen and oxygen atoms in total. The Bertz CT molecular complexity index is 1450. The molecule has 3 N–H and O–H groups in total. The summed E-state index contributed by atoms with van der Waals surface area (Å²) in [6, 6.07) is 10.4. The smallest absolute Gasteiger partial charge is 0.294 e. The van der Waals surface area contributed by atoms with Crippen molar-refractivity contribution in [2.75, 3.05) is 26.2 Å². The second-order valence-electron chi connectivity index (χ2n) is 7.28. The van der Waals surface area contributed by atoms with E-state index < -0.39 is 5.91 Å². The van der Waals surface area contributed by atoms with Crippen LogP contribution in [-0.2, 0) is 0 Å². The van der Waals surface area contributed by atoms with Gasteiger partial charge in [-0.05, 0) is 59.2 Å². The number of nitrogens with two attached hydrogens (primary N) is 1. The Morgan fingerprint density at radius 2 is 2.06 bits per heavy atom. The van der Waals surface area contributed by atoms with E-state index in [0.717, 1.165) is 0 Å². The number of fused-ring (bicyclic) bond motifs is 1. The van der Waals surface area contributed by atoms with Crippen LogP contribution < -0.4 is 30.1 Å². The number of methoxy groups -OCH3 is 1. The Balaban J connectivity index is 1.45. The zero-order chi connectivity index (χ0) is 25.1. The van der Waals surface area contributed by atoms with E-state index in [9.17, 15) is 4.79 Å². The molecule has 0 bridgehead atoms. The van der Waals surface area contributed by atoms with E-state index in [-0.39, 0.29) is 29.8 Å². The first-order valence-electron chi connectivity index (χ1n) is 10.7. The van der Waals surface area contributed by atoms with Gasteiger partial charge in [-0.1, -0.05) is 5.21 Å². The number of carbonyl (C=O) groups is 1. The number of hydrogen-bond acceptors (Lipinski definition) is 12. The first-order chi connectivity index (χ1) is 17.6. The third kappa shape index (κ3) is 4.22. The normalized spacial score (nSPS) is 12.2. The summed E-state index contributed by atoms with van der Waals surface area (Å²) in [5.41, 5.74) is 9.75. The molecule has 5 rings (SSSR count). The maximum Gasteiger partial charge on any atom is 0.294 e. The molecule has 14 heteroatoms. The number of amides is 1. The Morgan fingerprint density at radius 3 is 2.83 bits per heavy atom. The molecule has 2 aromatic carbocycles. The summed E-state index contributed by atoms with van der Waals surface area (Å²) < 4.78 is 27.6. The quantitative estimate of drug-likeness (QED) is 0.271. The Morgan fingerprint density at radius 1 is 1.19 bits per heavy atom. The number of nitrogens with zero attached hydrogens (tertiary/aromatic N) is 6. The lowest BCUT2D eigenvalue weighted by Gasteiger charge is -2.09. The molecule has 1 amide bonds.